The zero-order valence-corrected chi connectivity index (χ0v) is 31.3. The van der Waals surface area contributed by atoms with Crippen LogP contribution in [0.15, 0.2) is 200 Å². The molecule has 5 heteroatoms. The molecule has 0 unspecified atom stereocenters. The summed E-state index contributed by atoms with van der Waals surface area (Å²) in [6.45, 7) is 0. The van der Waals surface area contributed by atoms with Crippen LogP contribution >= 0.6 is 0 Å². The minimum absolute atomic E-state index is 0.629. The van der Waals surface area contributed by atoms with Gasteiger partial charge in [0.05, 0.1) is 56.5 Å². The summed E-state index contributed by atoms with van der Waals surface area (Å²) in [5, 5.41) is 14.5. The summed E-state index contributed by atoms with van der Waals surface area (Å²) in [7, 11) is 0. The van der Waals surface area contributed by atoms with Crippen LogP contribution in [0.4, 0.5) is 0 Å². The summed E-state index contributed by atoms with van der Waals surface area (Å²) >= 11 is 0. The van der Waals surface area contributed by atoms with Crippen molar-refractivity contribution in [3.8, 4) is 62.5 Å². The van der Waals surface area contributed by atoms with Gasteiger partial charge in [0, 0.05) is 49.4 Å². The average molecular weight is 740 g/mol. The Morgan fingerprint density at radius 3 is 1.52 bits per heavy atom. The lowest BCUT2D eigenvalue weighted by Crippen LogP contribution is -2.02. The first kappa shape index (κ1) is 33.3. The number of hydrogen-bond donors (Lipinski definition) is 0. The van der Waals surface area contributed by atoms with Gasteiger partial charge in [-0.1, -0.05) is 146 Å². The van der Waals surface area contributed by atoms with Crippen LogP contribution in [0, 0.1) is 11.3 Å². The zero-order valence-electron chi connectivity index (χ0n) is 31.3. The van der Waals surface area contributed by atoms with Crippen LogP contribution in [0.25, 0.3) is 100 Å². The number of fused-ring (bicyclic) bond motifs is 6. The van der Waals surface area contributed by atoms with Crippen molar-refractivity contribution >= 4 is 43.6 Å². The Morgan fingerprint density at radius 1 is 0.362 bits per heavy atom. The Labute approximate surface area is 335 Å². The van der Waals surface area contributed by atoms with Crippen LogP contribution in [-0.2, 0) is 0 Å². The summed E-state index contributed by atoms with van der Waals surface area (Å²) in [4.78, 5) is 10.3. The molecule has 0 aliphatic rings. The van der Waals surface area contributed by atoms with Crippen molar-refractivity contribution in [3.05, 3.63) is 206 Å². The maximum absolute atomic E-state index is 9.96. The normalized spacial score (nSPS) is 11.4. The van der Waals surface area contributed by atoms with E-state index in [0.29, 0.717) is 11.4 Å². The van der Waals surface area contributed by atoms with Crippen LogP contribution in [0.2, 0.25) is 0 Å². The second kappa shape index (κ2) is 13.6. The molecule has 3 heterocycles. The zero-order chi connectivity index (χ0) is 38.6. The van der Waals surface area contributed by atoms with Gasteiger partial charge >= 0.3 is 0 Å². The van der Waals surface area contributed by atoms with E-state index in [2.05, 4.69) is 167 Å². The number of rotatable bonds is 6. The number of hydrogen-bond acceptors (Lipinski definition) is 3. The molecule has 0 amide bonds. The van der Waals surface area contributed by atoms with Crippen LogP contribution in [0.1, 0.15) is 5.56 Å². The number of benzene rings is 8. The fourth-order valence-corrected chi connectivity index (χ4v) is 8.55. The van der Waals surface area contributed by atoms with E-state index in [-0.39, 0.29) is 0 Å². The molecule has 11 aromatic rings. The minimum atomic E-state index is 0.629. The maximum Gasteiger partial charge on any atom is 0.160 e. The molecular formula is C53H33N5. The third-order valence-electron chi connectivity index (χ3n) is 11.2. The summed E-state index contributed by atoms with van der Waals surface area (Å²) in [5.74, 6) is 0.667. The smallest absolute Gasteiger partial charge is 0.160 e. The Kier molecular flexibility index (Phi) is 7.80. The summed E-state index contributed by atoms with van der Waals surface area (Å²) in [6.07, 6.45) is 0. The third-order valence-corrected chi connectivity index (χ3v) is 11.2. The Bertz CT molecular complexity index is 3290. The molecule has 270 valence electrons. The van der Waals surface area contributed by atoms with E-state index < -0.39 is 0 Å². The second-order valence-corrected chi connectivity index (χ2v) is 14.5. The molecule has 0 N–H and O–H groups in total. The predicted octanol–water partition coefficient (Wildman–Crippen LogP) is 13.2. The molecule has 11 rings (SSSR count). The first-order valence-corrected chi connectivity index (χ1v) is 19.4. The van der Waals surface area contributed by atoms with Gasteiger partial charge in [0.25, 0.3) is 0 Å². The highest BCUT2D eigenvalue weighted by Gasteiger charge is 2.22. The van der Waals surface area contributed by atoms with Crippen LogP contribution in [0.5, 0.6) is 0 Å². The summed E-state index contributed by atoms with van der Waals surface area (Å²) < 4.78 is 4.75. The quantitative estimate of drug-likeness (QED) is 0.171. The van der Waals surface area contributed by atoms with Gasteiger partial charge in [0.2, 0.25) is 0 Å². The molecular weight excluding hydrogens is 707 g/mol. The van der Waals surface area contributed by atoms with Gasteiger partial charge in [-0.25, -0.2) is 9.97 Å². The van der Waals surface area contributed by atoms with Gasteiger partial charge in [-0.2, -0.15) is 5.26 Å². The monoisotopic (exact) mass is 739 g/mol. The molecule has 0 bridgehead atoms. The molecule has 0 atom stereocenters. The lowest BCUT2D eigenvalue weighted by atomic mass is 9.97. The van der Waals surface area contributed by atoms with Crippen molar-refractivity contribution in [1.29, 1.82) is 5.26 Å². The van der Waals surface area contributed by atoms with Crippen molar-refractivity contribution in [2.24, 2.45) is 0 Å². The second-order valence-electron chi connectivity index (χ2n) is 14.5. The van der Waals surface area contributed by atoms with Crippen LogP contribution in [-0.4, -0.2) is 19.1 Å². The van der Waals surface area contributed by atoms with Gasteiger partial charge in [0.1, 0.15) is 0 Å². The number of nitrogens with zero attached hydrogens (tertiary/aromatic N) is 5. The van der Waals surface area contributed by atoms with E-state index in [1.54, 1.807) is 0 Å². The Morgan fingerprint density at radius 2 is 0.862 bits per heavy atom. The molecule has 3 aromatic heterocycles. The summed E-state index contributed by atoms with van der Waals surface area (Å²) in [5.41, 5.74) is 13.9. The van der Waals surface area contributed by atoms with Crippen LogP contribution < -0.4 is 0 Å². The lowest BCUT2D eigenvalue weighted by molar-refractivity contribution is 1.15. The number of nitriles is 1. The highest BCUT2D eigenvalue weighted by Crippen LogP contribution is 2.42. The average Bonchev–Trinajstić information content (AvgIpc) is 3.82. The fourth-order valence-electron chi connectivity index (χ4n) is 8.55. The molecule has 8 aromatic carbocycles. The topological polar surface area (TPSA) is 59.4 Å². The van der Waals surface area contributed by atoms with Crippen molar-refractivity contribution in [2.45, 2.75) is 0 Å². The largest absolute Gasteiger partial charge is 0.309 e. The van der Waals surface area contributed by atoms with Crippen molar-refractivity contribution < 1.29 is 0 Å². The highest BCUT2D eigenvalue weighted by molar-refractivity contribution is 6.11. The first-order chi connectivity index (χ1) is 28.7. The Balaban J connectivity index is 1.22. The molecule has 58 heavy (non-hydrogen) atoms. The molecule has 0 aliphatic carbocycles. The molecule has 0 spiro atoms. The third kappa shape index (κ3) is 5.39. The highest BCUT2D eigenvalue weighted by atomic mass is 15.0. The minimum Gasteiger partial charge on any atom is -0.309 e. The van der Waals surface area contributed by atoms with Gasteiger partial charge in [0.15, 0.2) is 5.82 Å². The van der Waals surface area contributed by atoms with Gasteiger partial charge in [-0.3, -0.25) is 0 Å². The van der Waals surface area contributed by atoms with E-state index in [4.69, 9.17) is 9.97 Å². The SMILES string of the molecule is N#Cc1ccc2c(c1)c1ccccc1n2-c1cc(-c2cc(-c3ccccc3)nc(-c3ccccc3)n2)ccc1-c1ccccc1-n1c2ccccc2c2ccccc21. The van der Waals surface area contributed by atoms with Gasteiger partial charge < -0.3 is 9.13 Å². The maximum atomic E-state index is 9.96. The summed E-state index contributed by atoms with van der Waals surface area (Å²) in [6, 6.07) is 72.1. The number of para-hydroxylation sites is 4. The van der Waals surface area contributed by atoms with E-state index in [1.807, 2.05) is 48.5 Å². The van der Waals surface area contributed by atoms with Crippen molar-refractivity contribution in [3.63, 3.8) is 0 Å². The number of aromatic nitrogens is 4. The standard InChI is InChI=1S/C53H33N5/c54-34-35-27-30-51-44(31-35)42-22-10-14-26-50(42)58(51)52-32-38(46-33-45(36-15-3-1-4-16-36)55-53(56-46)37-17-5-2-6-18-37)28-29-43(52)41-21-9-13-25-49(41)57-47-23-11-7-19-39(47)40-20-8-12-24-48(40)57/h1-33H. The molecule has 0 fully saturated rings. The molecule has 0 radical (unpaired) electrons. The molecule has 5 nitrogen and oxygen atoms in total. The fraction of sp³-hybridized carbons (Fsp3) is 0. The van der Waals surface area contributed by atoms with Crippen LogP contribution in [0.3, 0.4) is 0 Å². The molecule has 0 saturated carbocycles. The van der Waals surface area contributed by atoms with E-state index in [1.165, 1.54) is 10.8 Å². The molecule has 0 aliphatic heterocycles. The van der Waals surface area contributed by atoms with Gasteiger partial charge in [-0.15, -0.1) is 0 Å². The predicted molar refractivity (Wildman–Crippen MR) is 237 cm³/mol. The van der Waals surface area contributed by atoms with E-state index in [0.717, 1.165) is 83.4 Å². The van der Waals surface area contributed by atoms with Gasteiger partial charge in [-0.05, 0) is 54.6 Å². The van der Waals surface area contributed by atoms with Crippen molar-refractivity contribution in [1.82, 2.24) is 19.1 Å². The Hall–Kier alpha value is -8.07. The first-order valence-electron chi connectivity index (χ1n) is 19.4. The lowest BCUT2D eigenvalue weighted by Gasteiger charge is -2.20. The molecule has 0 saturated heterocycles. The van der Waals surface area contributed by atoms with E-state index in [9.17, 15) is 5.26 Å². The van der Waals surface area contributed by atoms with Crippen molar-refractivity contribution in [2.75, 3.05) is 0 Å². The van der Waals surface area contributed by atoms with E-state index >= 15 is 0 Å².